The van der Waals surface area contributed by atoms with E-state index < -0.39 is 44.8 Å². The largest absolute Gasteiger partial charge is 0.504 e. The van der Waals surface area contributed by atoms with E-state index in [2.05, 4.69) is 0 Å². The zero-order chi connectivity index (χ0) is 22.1. The molecule has 1 aromatic rings. The van der Waals surface area contributed by atoms with Gasteiger partial charge in [0, 0.05) is 30.6 Å². The number of methoxy groups -OCH3 is 1. The third-order valence-electron chi connectivity index (χ3n) is 6.31. The molecule has 162 valence electrons. The minimum Gasteiger partial charge on any atom is -0.504 e. The highest BCUT2D eigenvalue weighted by atomic mass is 32.2. The van der Waals surface area contributed by atoms with E-state index in [4.69, 9.17) is 14.2 Å². The molecule has 0 saturated carbocycles. The third-order valence-corrected chi connectivity index (χ3v) is 8.39. The maximum absolute atomic E-state index is 13.4. The number of carbonyl (C=O) groups excluding carboxylic acids is 2. The number of hydrogen-bond acceptors (Lipinski definition) is 8. The molecule has 2 atom stereocenters. The van der Waals surface area contributed by atoms with Gasteiger partial charge in [-0.1, -0.05) is 11.6 Å². The number of fused-ring (bicyclic) bond motifs is 2. The standard InChI is InChI=1S/C21H24O8S/c1-11-9-14(12-5-6-16(27-4)15(22)10-12)21(13-7-8-30(25,26)17(11)13)18(23)28-20(2,3)29-19(21)24/h5-6,10,13-14,22H,7-9H2,1-4H3/t13-,14+/m0/s1. The molecule has 2 saturated heterocycles. The molecule has 0 amide bonds. The third kappa shape index (κ3) is 2.74. The van der Waals surface area contributed by atoms with Crippen LogP contribution < -0.4 is 4.74 Å². The number of ether oxygens (including phenoxy) is 3. The average molecular weight is 436 g/mol. The van der Waals surface area contributed by atoms with E-state index in [0.29, 0.717) is 11.1 Å². The van der Waals surface area contributed by atoms with E-state index in [-0.39, 0.29) is 35.0 Å². The fourth-order valence-electron chi connectivity index (χ4n) is 5.13. The lowest BCUT2D eigenvalue weighted by molar-refractivity contribution is -0.257. The lowest BCUT2D eigenvalue weighted by atomic mass is 9.58. The number of rotatable bonds is 2. The Labute approximate surface area is 174 Å². The molecule has 3 aliphatic rings. The van der Waals surface area contributed by atoms with Crippen LogP contribution in [-0.2, 0) is 28.9 Å². The lowest BCUT2D eigenvalue weighted by Crippen LogP contribution is -2.60. The Morgan fingerprint density at radius 1 is 1.13 bits per heavy atom. The Balaban J connectivity index is 1.96. The Morgan fingerprint density at radius 2 is 1.77 bits per heavy atom. The number of phenols is 1. The number of carbonyl (C=O) groups is 2. The van der Waals surface area contributed by atoms with Crippen LogP contribution in [0.15, 0.2) is 28.7 Å². The number of benzene rings is 1. The molecule has 4 rings (SSSR count). The molecule has 0 radical (unpaired) electrons. The Morgan fingerprint density at radius 3 is 2.33 bits per heavy atom. The van der Waals surface area contributed by atoms with Crippen molar-refractivity contribution in [3.8, 4) is 11.5 Å². The number of sulfone groups is 1. The minimum atomic E-state index is -3.58. The molecule has 8 nitrogen and oxygen atoms in total. The van der Waals surface area contributed by atoms with Gasteiger partial charge in [0.05, 0.1) is 12.9 Å². The van der Waals surface area contributed by atoms with Gasteiger partial charge >= 0.3 is 11.9 Å². The summed E-state index contributed by atoms with van der Waals surface area (Å²) in [6, 6.07) is 4.64. The van der Waals surface area contributed by atoms with E-state index in [1.54, 1.807) is 19.1 Å². The highest BCUT2D eigenvalue weighted by molar-refractivity contribution is 7.95. The van der Waals surface area contributed by atoms with Crippen molar-refractivity contribution in [1.29, 1.82) is 0 Å². The molecule has 9 heteroatoms. The topological polar surface area (TPSA) is 116 Å². The fourth-order valence-corrected chi connectivity index (χ4v) is 7.25. The predicted molar refractivity (Wildman–Crippen MR) is 105 cm³/mol. The van der Waals surface area contributed by atoms with E-state index in [1.165, 1.54) is 27.0 Å². The van der Waals surface area contributed by atoms with Gasteiger partial charge in [-0.3, -0.25) is 9.59 Å². The van der Waals surface area contributed by atoms with Crippen molar-refractivity contribution < 1.29 is 37.3 Å². The van der Waals surface area contributed by atoms with E-state index in [9.17, 15) is 23.1 Å². The number of esters is 2. The quantitative estimate of drug-likeness (QED) is 0.555. The summed E-state index contributed by atoms with van der Waals surface area (Å²) in [7, 11) is -2.16. The Bertz CT molecular complexity index is 1060. The van der Waals surface area contributed by atoms with E-state index in [1.807, 2.05) is 0 Å². The molecule has 0 unspecified atom stereocenters. The van der Waals surface area contributed by atoms with Gasteiger partial charge in [-0.05, 0) is 37.5 Å². The summed E-state index contributed by atoms with van der Waals surface area (Å²) in [5.41, 5.74) is -0.729. The van der Waals surface area contributed by atoms with Crippen LogP contribution in [0.25, 0.3) is 0 Å². The summed E-state index contributed by atoms with van der Waals surface area (Å²) < 4.78 is 41.5. The Hall–Kier alpha value is -2.55. The van der Waals surface area contributed by atoms with Gasteiger partial charge in [0.25, 0.3) is 5.79 Å². The highest BCUT2D eigenvalue weighted by Gasteiger charge is 2.69. The number of allylic oxidation sites excluding steroid dienone is 2. The van der Waals surface area contributed by atoms with Crippen molar-refractivity contribution in [2.24, 2.45) is 11.3 Å². The molecule has 30 heavy (non-hydrogen) atoms. The van der Waals surface area contributed by atoms with Crippen LogP contribution >= 0.6 is 0 Å². The monoisotopic (exact) mass is 436 g/mol. The zero-order valence-electron chi connectivity index (χ0n) is 17.2. The predicted octanol–water partition coefficient (Wildman–Crippen LogP) is 2.42. The van der Waals surface area contributed by atoms with Crippen LogP contribution in [0.2, 0.25) is 0 Å². The summed E-state index contributed by atoms with van der Waals surface area (Å²) in [6.07, 6.45) is 0.264. The first-order valence-electron chi connectivity index (χ1n) is 9.70. The first-order chi connectivity index (χ1) is 13.9. The number of hydrogen-bond donors (Lipinski definition) is 1. The van der Waals surface area contributed by atoms with Gasteiger partial charge in [0.2, 0.25) is 0 Å². The van der Waals surface area contributed by atoms with Crippen LogP contribution in [-0.4, -0.2) is 44.1 Å². The normalized spacial score (nSPS) is 28.7. The summed E-state index contributed by atoms with van der Waals surface area (Å²) in [6.45, 7) is 4.62. The molecule has 2 aliphatic heterocycles. The molecule has 2 fully saturated rings. The average Bonchev–Trinajstić information content (AvgIpc) is 2.96. The summed E-state index contributed by atoms with van der Waals surface area (Å²) >= 11 is 0. The Kier molecular flexibility index (Phi) is 4.47. The number of aromatic hydroxyl groups is 1. The lowest BCUT2D eigenvalue weighted by Gasteiger charge is -2.49. The van der Waals surface area contributed by atoms with Crippen molar-refractivity contribution in [2.45, 2.75) is 45.3 Å². The molecule has 2 heterocycles. The summed E-state index contributed by atoms with van der Waals surface area (Å²) in [5.74, 6) is -4.71. The maximum Gasteiger partial charge on any atom is 0.328 e. The smallest absolute Gasteiger partial charge is 0.328 e. The molecule has 1 aromatic carbocycles. The minimum absolute atomic E-state index is 0.123. The second kappa shape index (κ2) is 6.47. The van der Waals surface area contributed by atoms with E-state index in [0.717, 1.165) is 0 Å². The van der Waals surface area contributed by atoms with Gasteiger partial charge in [-0.2, -0.15) is 0 Å². The second-order valence-corrected chi connectivity index (χ2v) is 10.6. The van der Waals surface area contributed by atoms with Gasteiger partial charge < -0.3 is 19.3 Å². The van der Waals surface area contributed by atoms with Gasteiger partial charge in [-0.25, -0.2) is 8.42 Å². The van der Waals surface area contributed by atoms with Gasteiger partial charge in [0.1, 0.15) is 0 Å². The number of phenolic OH excluding ortho intramolecular Hbond substituents is 1. The van der Waals surface area contributed by atoms with Crippen LogP contribution in [0.5, 0.6) is 11.5 Å². The van der Waals surface area contributed by atoms with Crippen molar-refractivity contribution in [2.75, 3.05) is 12.9 Å². The van der Waals surface area contributed by atoms with E-state index >= 15 is 0 Å². The van der Waals surface area contributed by atoms with Gasteiger partial charge in [0.15, 0.2) is 26.8 Å². The van der Waals surface area contributed by atoms with Crippen LogP contribution in [0.1, 0.15) is 45.1 Å². The van der Waals surface area contributed by atoms with Crippen molar-refractivity contribution >= 4 is 21.8 Å². The van der Waals surface area contributed by atoms with Crippen LogP contribution in [0.4, 0.5) is 0 Å². The van der Waals surface area contributed by atoms with Crippen molar-refractivity contribution in [1.82, 2.24) is 0 Å². The molecule has 1 aliphatic carbocycles. The molecular weight excluding hydrogens is 412 g/mol. The van der Waals surface area contributed by atoms with Gasteiger partial charge in [-0.15, -0.1) is 0 Å². The molecule has 0 aromatic heterocycles. The van der Waals surface area contributed by atoms with Crippen LogP contribution in [0, 0.1) is 11.3 Å². The summed E-state index contributed by atoms with van der Waals surface area (Å²) in [4.78, 5) is 27.0. The molecule has 0 bridgehead atoms. The van der Waals surface area contributed by atoms with Crippen LogP contribution in [0.3, 0.4) is 0 Å². The molecule has 1 N–H and O–H groups in total. The second-order valence-electron chi connectivity index (χ2n) is 8.54. The van der Waals surface area contributed by atoms with Crippen molar-refractivity contribution in [3.05, 3.63) is 34.2 Å². The number of cyclic esters (lactones) is 2. The summed E-state index contributed by atoms with van der Waals surface area (Å²) in [5, 5.41) is 10.3. The van der Waals surface area contributed by atoms with Crippen molar-refractivity contribution in [3.63, 3.8) is 0 Å². The first kappa shape index (κ1) is 20.7. The maximum atomic E-state index is 13.4. The zero-order valence-corrected chi connectivity index (χ0v) is 18.0. The highest BCUT2D eigenvalue weighted by Crippen LogP contribution is 2.61. The molecular formula is C21H24O8S. The molecule has 1 spiro atoms. The fraction of sp³-hybridized carbons (Fsp3) is 0.524. The first-order valence-corrected chi connectivity index (χ1v) is 11.4. The SMILES string of the molecule is COc1ccc([C@H]2CC(C)=C3[C@H](CCS3(=O)=O)C23C(=O)OC(C)(C)OC3=O)cc1O.